The summed E-state index contributed by atoms with van der Waals surface area (Å²) in [5.41, 5.74) is 0. The Morgan fingerprint density at radius 2 is 1.00 bits per heavy atom. The van der Waals surface area contributed by atoms with Gasteiger partial charge in [-0.2, -0.15) is 8.61 Å². The van der Waals surface area contributed by atoms with E-state index in [4.69, 9.17) is 9.47 Å². The minimum atomic E-state index is -3.78. The van der Waals surface area contributed by atoms with Gasteiger partial charge >= 0.3 is 0 Å². The van der Waals surface area contributed by atoms with Crippen molar-refractivity contribution in [2.24, 2.45) is 0 Å². The number of hydrogen-bond donors (Lipinski definition) is 0. The summed E-state index contributed by atoms with van der Waals surface area (Å²) in [5, 5.41) is 0. The first-order valence-corrected chi connectivity index (χ1v) is 13.5. The van der Waals surface area contributed by atoms with Gasteiger partial charge in [0.05, 0.1) is 23.0 Å². The van der Waals surface area contributed by atoms with Crippen molar-refractivity contribution in [1.82, 2.24) is 8.61 Å². The molecular formula is C22H30N2O6S2. The Bertz CT molecular complexity index is 1020. The molecule has 1 aliphatic heterocycles. The molecule has 0 aromatic heterocycles. The molecule has 0 saturated carbocycles. The maximum Gasteiger partial charge on any atom is 0.243 e. The minimum Gasteiger partial charge on any atom is -0.494 e. The molecule has 0 amide bonds. The molecule has 1 aliphatic rings. The third kappa shape index (κ3) is 4.93. The minimum absolute atomic E-state index is 0.0625. The fraction of sp³-hybridized carbons (Fsp3) is 0.455. The fourth-order valence-corrected chi connectivity index (χ4v) is 7.16. The topological polar surface area (TPSA) is 93.2 Å². The van der Waals surface area contributed by atoms with Gasteiger partial charge in [0, 0.05) is 25.2 Å². The van der Waals surface area contributed by atoms with Crippen molar-refractivity contribution >= 4 is 20.0 Å². The Morgan fingerprint density at radius 1 is 0.688 bits per heavy atom. The van der Waals surface area contributed by atoms with E-state index in [1.807, 2.05) is 13.8 Å². The molecule has 8 nitrogen and oxygen atoms in total. The fourth-order valence-electron chi connectivity index (χ4n) is 3.75. The van der Waals surface area contributed by atoms with Gasteiger partial charge in [0.2, 0.25) is 20.0 Å². The van der Waals surface area contributed by atoms with Gasteiger partial charge in [-0.25, -0.2) is 16.8 Å². The molecule has 2 aromatic rings. The third-order valence-corrected chi connectivity index (χ3v) is 9.34. The molecule has 0 N–H and O–H groups in total. The molecule has 10 heteroatoms. The Morgan fingerprint density at radius 3 is 1.28 bits per heavy atom. The van der Waals surface area contributed by atoms with E-state index >= 15 is 0 Å². The SMILES string of the molecule is CCOc1ccc(S(=O)(=O)N2C[C@H](C)N(S(=O)(=O)c3ccc(OCC)cc3)C[C@@H]2C)cc1. The van der Waals surface area contributed by atoms with Crippen LogP contribution in [0, 0.1) is 0 Å². The average Bonchev–Trinajstić information content (AvgIpc) is 2.76. The highest BCUT2D eigenvalue weighted by Crippen LogP contribution is 2.29. The van der Waals surface area contributed by atoms with Gasteiger partial charge in [0.25, 0.3) is 0 Å². The highest BCUT2D eigenvalue weighted by Gasteiger charge is 2.41. The van der Waals surface area contributed by atoms with Crippen LogP contribution in [0.2, 0.25) is 0 Å². The average molecular weight is 483 g/mol. The van der Waals surface area contributed by atoms with Crippen LogP contribution in [0.1, 0.15) is 27.7 Å². The van der Waals surface area contributed by atoms with Crippen LogP contribution in [0.15, 0.2) is 58.3 Å². The maximum absolute atomic E-state index is 13.2. The molecule has 0 unspecified atom stereocenters. The Kier molecular flexibility index (Phi) is 7.49. The summed E-state index contributed by atoms with van der Waals surface area (Å²) in [6.07, 6.45) is 0. The maximum atomic E-state index is 13.2. The van der Waals surface area contributed by atoms with Crippen LogP contribution in [0.25, 0.3) is 0 Å². The molecule has 0 bridgehead atoms. The quantitative estimate of drug-likeness (QED) is 0.574. The summed E-state index contributed by atoms with van der Waals surface area (Å²) in [6.45, 7) is 8.26. The molecule has 1 heterocycles. The van der Waals surface area contributed by atoms with Crippen LogP contribution < -0.4 is 9.47 Å². The molecule has 0 radical (unpaired) electrons. The predicted octanol–water partition coefficient (Wildman–Crippen LogP) is 2.96. The zero-order valence-corrected chi connectivity index (χ0v) is 20.4. The van der Waals surface area contributed by atoms with E-state index in [1.54, 1.807) is 38.1 Å². The monoisotopic (exact) mass is 482 g/mol. The van der Waals surface area contributed by atoms with Gasteiger partial charge in [-0.3, -0.25) is 0 Å². The van der Waals surface area contributed by atoms with Crippen molar-refractivity contribution in [2.45, 2.75) is 49.6 Å². The lowest BCUT2D eigenvalue weighted by atomic mass is 10.2. The van der Waals surface area contributed by atoms with E-state index in [2.05, 4.69) is 0 Å². The second-order valence-corrected chi connectivity index (χ2v) is 11.4. The zero-order chi connectivity index (χ0) is 23.5. The number of sulfonamides is 2. The highest BCUT2D eigenvalue weighted by molar-refractivity contribution is 7.89. The standard InChI is InChI=1S/C22H30N2O6S2/c1-5-29-19-7-11-21(12-8-19)31(25,26)23-15-18(4)24(16-17(23)3)32(27,28)22-13-9-20(10-14-22)30-6-2/h7-14,17-18H,5-6,15-16H2,1-4H3/t17-,18-/m0/s1. The Balaban J connectivity index is 1.81. The predicted molar refractivity (Wildman–Crippen MR) is 122 cm³/mol. The smallest absolute Gasteiger partial charge is 0.243 e. The van der Waals surface area contributed by atoms with Crippen molar-refractivity contribution in [3.63, 3.8) is 0 Å². The van der Waals surface area contributed by atoms with E-state index in [0.717, 1.165) is 0 Å². The normalized spacial score (nSPS) is 20.8. The summed E-state index contributed by atoms with van der Waals surface area (Å²) in [6, 6.07) is 11.5. The van der Waals surface area contributed by atoms with Gasteiger partial charge in [-0.1, -0.05) is 0 Å². The van der Waals surface area contributed by atoms with Crippen molar-refractivity contribution in [3.8, 4) is 11.5 Å². The number of piperazine rings is 1. The molecule has 32 heavy (non-hydrogen) atoms. The molecule has 2 atom stereocenters. The Labute approximate surface area is 190 Å². The summed E-state index contributed by atoms with van der Waals surface area (Å²) in [4.78, 5) is 0.311. The van der Waals surface area contributed by atoms with Crippen LogP contribution in [-0.2, 0) is 20.0 Å². The lowest BCUT2D eigenvalue weighted by Crippen LogP contribution is -2.59. The van der Waals surface area contributed by atoms with Crippen LogP contribution in [-0.4, -0.2) is 63.8 Å². The van der Waals surface area contributed by atoms with Crippen molar-refractivity contribution < 1.29 is 26.3 Å². The number of ether oxygens (including phenoxy) is 2. The largest absolute Gasteiger partial charge is 0.494 e. The van der Waals surface area contributed by atoms with Crippen LogP contribution in [0.4, 0.5) is 0 Å². The van der Waals surface area contributed by atoms with Gasteiger partial charge < -0.3 is 9.47 Å². The third-order valence-electron chi connectivity index (χ3n) is 5.35. The van der Waals surface area contributed by atoms with Gasteiger partial charge in [0.15, 0.2) is 0 Å². The van der Waals surface area contributed by atoms with E-state index in [0.29, 0.717) is 24.7 Å². The molecule has 3 rings (SSSR count). The second kappa shape index (κ2) is 9.78. The molecule has 0 aliphatic carbocycles. The van der Waals surface area contributed by atoms with Crippen LogP contribution >= 0.6 is 0 Å². The lowest BCUT2D eigenvalue weighted by Gasteiger charge is -2.42. The first kappa shape index (κ1) is 24.5. The van der Waals surface area contributed by atoms with Crippen LogP contribution in [0.5, 0.6) is 11.5 Å². The number of rotatable bonds is 8. The molecule has 0 spiro atoms. The van der Waals surface area contributed by atoms with Crippen molar-refractivity contribution in [1.29, 1.82) is 0 Å². The number of benzene rings is 2. The first-order chi connectivity index (χ1) is 15.1. The van der Waals surface area contributed by atoms with Crippen molar-refractivity contribution in [3.05, 3.63) is 48.5 Å². The van der Waals surface area contributed by atoms with Gasteiger partial charge in [0.1, 0.15) is 11.5 Å². The van der Waals surface area contributed by atoms with E-state index in [-0.39, 0.29) is 22.9 Å². The molecule has 2 aromatic carbocycles. The lowest BCUT2D eigenvalue weighted by molar-refractivity contribution is 0.163. The first-order valence-electron chi connectivity index (χ1n) is 10.6. The molecule has 1 fully saturated rings. The van der Waals surface area contributed by atoms with E-state index < -0.39 is 32.1 Å². The molecule has 1 saturated heterocycles. The van der Waals surface area contributed by atoms with Gasteiger partial charge in [-0.05, 0) is 76.2 Å². The van der Waals surface area contributed by atoms with E-state index in [9.17, 15) is 16.8 Å². The second-order valence-electron chi connectivity index (χ2n) is 7.66. The summed E-state index contributed by atoms with van der Waals surface area (Å²) in [5.74, 6) is 1.19. The summed E-state index contributed by atoms with van der Waals surface area (Å²) in [7, 11) is -7.56. The van der Waals surface area contributed by atoms with Crippen LogP contribution in [0.3, 0.4) is 0 Å². The Hall–Kier alpha value is -2.14. The molecule has 176 valence electrons. The summed E-state index contributed by atoms with van der Waals surface area (Å²) < 4.78 is 66.5. The molecular weight excluding hydrogens is 452 g/mol. The van der Waals surface area contributed by atoms with E-state index in [1.165, 1.54) is 32.9 Å². The number of hydrogen-bond acceptors (Lipinski definition) is 6. The van der Waals surface area contributed by atoms with Crippen molar-refractivity contribution in [2.75, 3.05) is 26.3 Å². The number of nitrogens with zero attached hydrogens (tertiary/aromatic N) is 2. The zero-order valence-electron chi connectivity index (χ0n) is 18.8. The highest BCUT2D eigenvalue weighted by atomic mass is 32.2. The van der Waals surface area contributed by atoms with Gasteiger partial charge in [-0.15, -0.1) is 0 Å². The summed E-state index contributed by atoms with van der Waals surface area (Å²) >= 11 is 0.